The molecule has 1 saturated heterocycles. The molecular weight excluding hydrogens is 324 g/mol. The van der Waals surface area contributed by atoms with E-state index in [9.17, 15) is 9.59 Å². The molecule has 126 valence electrons. The Labute approximate surface area is 145 Å². The largest absolute Gasteiger partial charge is 0.363 e. The fourth-order valence-corrected chi connectivity index (χ4v) is 3.45. The molecule has 0 radical (unpaired) electrons. The highest BCUT2D eigenvalue weighted by Gasteiger charge is 2.34. The molecule has 1 N–H and O–H groups in total. The molecule has 1 atom stereocenters. The predicted octanol–water partition coefficient (Wildman–Crippen LogP) is 2.45. The average molecular weight is 344 g/mol. The molecule has 0 unspecified atom stereocenters. The van der Waals surface area contributed by atoms with Gasteiger partial charge in [0.25, 0.3) is 5.91 Å². The van der Waals surface area contributed by atoms with Gasteiger partial charge in [-0.05, 0) is 36.4 Å². The highest BCUT2D eigenvalue weighted by molar-refractivity contribution is 7.12. The lowest BCUT2D eigenvalue weighted by Gasteiger charge is -2.23. The molecule has 1 aliphatic heterocycles. The summed E-state index contributed by atoms with van der Waals surface area (Å²) in [4.78, 5) is 33.6. The molecule has 2 aromatic heterocycles. The standard InChI is InChI=1S/C17H20N4O2S/c1-20(2)15-8-7-12(11-18-15)19-16(22)13-5-3-9-21(13)17(23)14-6-4-10-24-14/h4,6-8,10-11,13H,3,5,9H2,1-2H3,(H,19,22)/t13-/m1/s1. The molecule has 7 heteroatoms. The van der Waals surface area contributed by atoms with Crippen molar-refractivity contribution in [2.45, 2.75) is 18.9 Å². The Morgan fingerprint density at radius 1 is 1.33 bits per heavy atom. The predicted molar refractivity (Wildman–Crippen MR) is 95.6 cm³/mol. The molecule has 0 bridgehead atoms. The first-order valence-electron chi connectivity index (χ1n) is 7.85. The summed E-state index contributed by atoms with van der Waals surface area (Å²) in [6, 6.07) is 6.89. The van der Waals surface area contributed by atoms with Crippen molar-refractivity contribution in [3.05, 3.63) is 40.7 Å². The third-order valence-corrected chi connectivity index (χ3v) is 4.88. The van der Waals surface area contributed by atoms with E-state index in [-0.39, 0.29) is 11.8 Å². The Morgan fingerprint density at radius 3 is 2.79 bits per heavy atom. The Morgan fingerprint density at radius 2 is 2.17 bits per heavy atom. The van der Waals surface area contributed by atoms with Crippen molar-refractivity contribution in [3.63, 3.8) is 0 Å². The van der Waals surface area contributed by atoms with Gasteiger partial charge in [0.1, 0.15) is 11.9 Å². The van der Waals surface area contributed by atoms with Gasteiger partial charge in [-0.2, -0.15) is 0 Å². The molecule has 1 aliphatic rings. The maximum Gasteiger partial charge on any atom is 0.264 e. The highest BCUT2D eigenvalue weighted by atomic mass is 32.1. The molecule has 0 spiro atoms. The monoisotopic (exact) mass is 344 g/mol. The molecule has 24 heavy (non-hydrogen) atoms. The van der Waals surface area contributed by atoms with Gasteiger partial charge in [0.15, 0.2) is 0 Å². The van der Waals surface area contributed by atoms with E-state index in [4.69, 9.17) is 0 Å². The van der Waals surface area contributed by atoms with E-state index in [1.54, 1.807) is 17.2 Å². The first-order valence-corrected chi connectivity index (χ1v) is 8.73. The summed E-state index contributed by atoms with van der Waals surface area (Å²) in [6.45, 7) is 0.618. The molecule has 0 saturated carbocycles. The van der Waals surface area contributed by atoms with Crippen LogP contribution in [0.3, 0.4) is 0 Å². The molecule has 2 amide bonds. The summed E-state index contributed by atoms with van der Waals surface area (Å²) >= 11 is 1.40. The van der Waals surface area contributed by atoms with Gasteiger partial charge in [-0.3, -0.25) is 9.59 Å². The van der Waals surface area contributed by atoms with Gasteiger partial charge in [-0.15, -0.1) is 11.3 Å². The van der Waals surface area contributed by atoms with Crippen LogP contribution in [0.25, 0.3) is 0 Å². The van der Waals surface area contributed by atoms with Crippen LogP contribution in [-0.4, -0.2) is 48.4 Å². The van der Waals surface area contributed by atoms with Crippen LogP contribution in [-0.2, 0) is 4.79 Å². The van der Waals surface area contributed by atoms with Crippen molar-refractivity contribution in [2.75, 3.05) is 30.9 Å². The highest BCUT2D eigenvalue weighted by Crippen LogP contribution is 2.23. The summed E-state index contributed by atoms with van der Waals surface area (Å²) < 4.78 is 0. The van der Waals surface area contributed by atoms with E-state index in [1.807, 2.05) is 42.6 Å². The first kappa shape index (κ1) is 16.4. The van der Waals surface area contributed by atoms with Crippen LogP contribution < -0.4 is 10.2 Å². The topological polar surface area (TPSA) is 65.5 Å². The maximum absolute atomic E-state index is 12.6. The summed E-state index contributed by atoms with van der Waals surface area (Å²) in [7, 11) is 3.82. The Balaban J connectivity index is 1.68. The van der Waals surface area contributed by atoms with Crippen molar-refractivity contribution in [1.29, 1.82) is 0 Å². The number of hydrogen-bond acceptors (Lipinski definition) is 5. The van der Waals surface area contributed by atoms with E-state index in [0.717, 1.165) is 12.2 Å². The number of amides is 2. The lowest BCUT2D eigenvalue weighted by Crippen LogP contribution is -2.42. The number of nitrogens with zero attached hydrogens (tertiary/aromatic N) is 3. The Kier molecular flexibility index (Phi) is 4.80. The first-order chi connectivity index (χ1) is 11.6. The van der Waals surface area contributed by atoms with Gasteiger partial charge in [0.05, 0.1) is 16.8 Å². The van der Waals surface area contributed by atoms with Crippen LogP contribution in [0.15, 0.2) is 35.8 Å². The zero-order valence-electron chi connectivity index (χ0n) is 13.7. The van der Waals surface area contributed by atoms with Crippen LogP contribution in [0.4, 0.5) is 11.5 Å². The van der Waals surface area contributed by atoms with Crippen LogP contribution >= 0.6 is 11.3 Å². The Hall–Kier alpha value is -2.41. The number of likely N-dealkylation sites (tertiary alicyclic amines) is 1. The molecule has 2 aromatic rings. The minimum atomic E-state index is -0.423. The van der Waals surface area contributed by atoms with Gasteiger partial charge in [0, 0.05) is 20.6 Å². The molecule has 0 aliphatic carbocycles. The molecule has 0 aromatic carbocycles. The molecule has 6 nitrogen and oxygen atoms in total. The van der Waals surface area contributed by atoms with Crippen molar-refractivity contribution in [1.82, 2.24) is 9.88 Å². The number of hydrogen-bond donors (Lipinski definition) is 1. The van der Waals surface area contributed by atoms with Crippen LogP contribution in [0.1, 0.15) is 22.5 Å². The minimum Gasteiger partial charge on any atom is -0.363 e. The number of pyridine rings is 1. The van der Waals surface area contributed by atoms with Crippen molar-refractivity contribution >= 4 is 34.7 Å². The maximum atomic E-state index is 12.6. The smallest absolute Gasteiger partial charge is 0.264 e. The van der Waals surface area contributed by atoms with Gasteiger partial charge in [-0.1, -0.05) is 6.07 Å². The van der Waals surface area contributed by atoms with Gasteiger partial charge in [0.2, 0.25) is 5.91 Å². The second-order valence-electron chi connectivity index (χ2n) is 5.92. The summed E-state index contributed by atoms with van der Waals surface area (Å²) in [5.74, 6) is 0.601. The SMILES string of the molecule is CN(C)c1ccc(NC(=O)[C@H]2CCCN2C(=O)c2cccs2)cn1. The summed E-state index contributed by atoms with van der Waals surface area (Å²) in [6.07, 6.45) is 3.16. The summed E-state index contributed by atoms with van der Waals surface area (Å²) in [5.41, 5.74) is 0.640. The van der Waals surface area contributed by atoms with Crippen molar-refractivity contribution in [3.8, 4) is 0 Å². The molecule has 1 fully saturated rings. The third kappa shape index (κ3) is 3.41. The van der Waals surface area contributed by atoms with Crippen LogP contribution in [0.2, 0.25) is 0 Å². The normalized spacial score (nSPS) is 16.9. The zero-order chi connectivity index (χ0) is 17.1. The van der Waals surface area contributed by atoms with Crippen LogP contribution in [0.5, 0.6) is 0 Å². The van der Waals surface area contributed by atoms with Gasteiger partial charge in [-0.25, -0.2) is 4.98 Å². The number of aromatic nitrogens is 1. The van der Waals surface area contributed by atoms with Gasteiger partial charge >= 0.3 is 0 Å². The fraction of sp³-hybridized carbons (Fsp3) is 0.353. The second kappa shape index (κ2) is 7.00. The van der Waals surface area contributed by atoms with Crippen molar-refractivity contribution in [2.24, 2.45) is 0 Å². The van der Waals surface area contributed by atoms with Gasteiger partial charge < -0.3 is 15.1 Å². The minimum absolute atomic E-state index is 0.0660. The molecule has 3 heterocycles. The van der Waals surface area contributed by atoms with Crippen LogP contribution in [0, 0.1) is 0 Å². The van der Waals surface area contributed by atoms with E-state index in [1.165, 1.54) is 11.3 Å². The summed E-state index contributed by atoms with van der Waals surface area (Å²) in [5, 5.41) is 4.74. The average Bonchev–Trinajstić information content (AvgIpc) is 3.26. The lowest BCUT2D eigenvalue weighted by molar-refractivity contribution is -0.119. The number of anilines is 2. The molecular formula is C17H20N4O2S. The second-order valence-corrected chi connectivity index (χ2v) is 6.87. The number of carbonyl (C=O) groups excluding carboxylic acids is 2. The van der Waals surface area contributed by atoms with E-state index >= 15 is 0 Å². The number of rotatable bonds is 4. The van der Waals surface area contributed by atoms with E-state index in [2.05, 4.69) is 10.3 Å². The van der Waals surface area contributed by atoms with E-state index in [0.29, 0.717) is 23.5 Å². The lowest BCUT2D eigenvalue weighted by atomic mass is 10.2. The number of carbonyl (C=O) groups is 2. The number of nitrogens with one attached hydrogen (secondary N) is 1. The quantitative estimate of drug-likeness (QED) is 0.925. The fourth-order valence-electron chi connectivity index (χ4n) is 2.77. The Bertz CT molecular complexity index is 713. The zero-order valence-corrected chi connectivity index (χ0v) is 14.5. The van der Waals surface area contributed by atoms with E-state index < -0.39 is 6.04 Å². The molecule has 3 rings (SSSR count). The third-order valence-electron chi connectivity index (χ3n) is 4.02. The number of thiophene rings is 1. The van der Waals surface area contributed by atoms with Crippen molar-refractivity contribution < 1.29 is 9.59 Å².